The summed E-state index contributed by atoms with van der Waals surface area (Å²) in [6.45, 7) is 1.37. The minimum Gasteiger partial charge on any atom is -0.378 e. The summed E-state index contributed by atoms with van der Waals surface area (Å²) in [6, 6.07) is 6.03. The molecule has 1 unspecified atom stereocenters. The van der Waals surface area contributed by atoms with Crippen molar-refractivity contribution in [2.75, 3.05) is 20.2 Å². The van der Waals surface area contributed by atoms with E-state index in [-0.39, 0.29) is 23.7 Å². The molecule has 112 valence electrons. The van der Waals surface area contributed by atoms with Crippen LogP contribution in [0.3, 0.4) is 0 Å². The summed E-state index contributed by atoms with van der Waals surface area (Å²) in [5, 5.41) is 16.6. The standard InChI is InChI=1S/C14H17N3O4/c1-21-13-9-15-8-12(13)16-14(18)6-5-10-3-2-4-11(7-10)17(19)20/h2-7,12-13,15H,8-9H2,1H3,(H,16,18)/b6-5+/t12?,13-/m0/s1. The first-order valence-electron chi connectivity index (χ1n) is 6.56. The van der Waals surface area contributed by atoms with E-state index in [0.29, 0.717) is 18.7 Å². The van der Waals surface area contributed by atoms with Crippen LogP contribution in [-0.2, 0) is 9.53 Å². The van der Waals surface area contributed by atoms with Crippen LogP contribution in [0.5, 0.6) is 0 Å². The number of nitrogens with zero attached hydrogens (tertiary/aromatic N) is 1. The van der Waals surface area contributed by atoms with Gasteiger partial charge in [-0.15, -0.1) is 0 Å². The summed E-state index contributed by atoms with van der Waals surface area (Å²) in [7, 11) is 1.61. The highest BCUT2D eigenvalue weighted by Gasteiger charge is 2.27. The fraction of sp³-hybridized carbons (Fsp3) is 0.357. The number of methoxy groups -OCH3 is 1. The molecule has 1 amide bonds. The van der Waals surface area contributed by atoms with Gasteiger partial charge in [0.25, 0.3) is 5.69 Å². The number of carbonyl (C=O) groups excluding carboxylic acids is 1. The first-order chi connectivity index (χ1) is 10.1. The molecule has 21 heavy (non-hydrogen) atoms. The summed E-state index contributed by atoms with van der Waals surface area (Å²) >= 11 is 0. The number of hydrogen-bond acceptors (Lipinski definition) is 5. The molecule has 1 fully saturated rings. The number of amides is 1. The van der Waals surface area contributed by atoms with Crippen molar-refractivity contribution in [1.82, 2.24) is 10.6 Å². The summed E-state index contributed by atoms with van der Waals surface area (Å²) in [6.07, 6.45) is 2.87. The van der Waals surface area contributed by atoms with Crippen LogP contribution in [0.1, 0.15) is 5.56 Å². The van der Waals surface area contributed by atoms with Gasteiger partial charge in [0, 0.05) is 38.4 Å². The van der Waals surface area contributed by atoms with Gasteiger partial charge in [0.2, 0.25) is 5.91 Å². The third-order valence-corrected chi connectivity index (χ3v) is 3.30. The Kier molecular flexibility index (Phi) is 5.02. The molecule has 1 heterocycles. The van der Waals surface area contributed by atoms with Gasteiger partial charge in [-0.05, 0) is 11.6 Å². The van der Waals surface area contributed by atoms with Gasteiger partial charge in [-0.1, -0.05) is 12.1 Å². The molecular weight excluding hydrogens is 274 g/mol. The quantitative estimate of drug-likeness (QED) is 0.473. The number of nitro groups is 1. The second-order valence-electron chi connectivity index (χ2n) is 4.73. The Labute approximate surface area is 122 Å². The lowest BCUT2D eigenvalue weighted by atomic mass is 10.2. The molecule has 7 heteroatoms. The third kappa shape index (κ3) is 4.11. The number of carbonyl (C=O) groups is 1. The lowest BCUT2D eigenvalue weighted by Crippen LogP contribution is -2.42. The van der Waals surface area contributed by atoms with E-state index in [1.165, 1.54) is 18.2 Å². The van der Waals surface area contributed by atoms with Gasteiger partial charge in [-0.3, -0.25) is 14.9 Å². The van der Waals surface area contributed by atoms with Crippen LogP contribution >= 0.6 is 0 Å². The first-order valence-corrected chi connectivity index (χ1v) is 6.56. The van der Waals surface area contributed by atoms with Gasteiger partial charge in [0.15, 0.2) is 0 Å². The van der Waals surface area contributed by atoms with Crippen LogP contribution in [0.4, 0.5) is 5.69 Å². The maximum absolute atomic E-state index is 11.8. The number of hydrogen-bond donors (Lipinski definition) is 2. The molecule has 7 nitrogen and oxygen atoms in total. The molecule has 0 aromatic heterocycles. The van der Waals surface area contributed by atoms with E-state index in [4.69, 9.17) is 4.74 Å². The molecule has 2 rings (SSSR count). The molecular formula is C14H17N3O4. The molecule has 0 aliphatic carbocycles. The molecule has 0 radical (unpaired) electrons. The zero-order valence-corrected chi connectivity index (χ0v) is 11.6. The number of nitrogens with one attached hydrogen (secondary N) is 2. The van der Waals surface area contributed by atoms with Crippen LogP contribution in [0.2, 0.25) is 0 Å². The number of rotatable bonds is 5. The van der Waals surface area contributed by atoms with Gasteiger partial charge in [-0.25, -0.2) is 0 Å². The van der Waals surface area contributed by atoms with E-state index in [1.807, 2.05) is 0 Å². The Bertz CT molecular complexity index is 559. The molecule has 1 aromatic carbocycles. The lowest BCUT2D eigenvalue weighted by Gasteiger charge is -2.17. The Morgan fingerprint density at radius 3 is 3.05 bits per heavy atom. The minimum atomic E-state index is -0.467. The van der Waals surface area contributed by atoms with Crippen molar-refractivity contribution in [3.05, 3.63) is 46.0 Å². The van der Waals surface area contributed by atoms with Crippen molar-refractivity contribution in [2.45, 2.75) is 12.1 Å². The highest BCUT2D eigenvalue weighted by molar-refractivity contribution is 5.92. The van der Waals surface area contributed by atoms with Crippen molar-refractivity contribution >= 4 is 17.7 Å². The van der Waals surface area contributed by atoms with Crippen molar-refractivity contribution in [3.63, 3.8) is 0 Å². The molecule has 1 aromatic rings. The van der Waals surface area contributed by atoms with E-state index < -0.39 is 4.92 Å². The predicted octanol–water partition coefficient (Wildman–Crippen LogP) is 0.711. The molecule has 2 atom stereocenters. The van der Waals surface area contributed by atoms with Gasteiger partial charge in [0.1, 0.15) is 0 Å². The Hall–Kier alpha value is -2.25. The smallest absolute Gasteiger partial charge is 0.270 e. The fourth-order valence-electron chi connectivity index (χ4n) is 2.19. The van der Waals surface area contributed by atoms with Crippen molar-refractivity contribution in [1.29, 1.82) is 0 Å². The topological polar surface area (TPSA) is 93.5 Å². The highest BCUT2D eigenvalue weighted by atomic mass is 16.6. The normalized spacial score (nSPS) is 21.6. The van der Waals surface area contributed by atoms with Crippen molar-refractivity contribution in [2.24, 2.45) is 0 Å². The average Bonchev–Trinajstić information content (AvgIpc) is 2.92. The Balaban J connectivity index is 1.96. The van der Waals surface area contributed by atoms with Gasteiger partial charge >= 0.3 is 0 Å². The average molecular weight is 291 g/mol. The molecule has 2 N–H and O–H groups in total. The Morgan fingerprint density at radius 2 is 2.33 bits per heavy atom. The summed E-state index contributed by atoms with van der Waals surface area (Å²) in [5.74, 6) is -0.253. The second-order valence-corrected chi connectivity index (χ2v) is 4.73. The number of non-ortho nitro benzene ring substituents is 1. The highest BCUT2D eigenvalue weighted by Crippen LogP contribution is 2.14. The van der Waals surface area contributed by atoms with Gasteiger partial charge in [-0.2, -0.15) is 0 Å². The summed E-state index contributed by atoms with van der Waals surface area (Å²) < 4.78 is 5.25. The van der Waals surface area contributed by atoms with Gasteiger partial charge < -0.3 is 15.4 Å². The number of ether oxygens (including phenoxy) is 1. The first kappa shape index (κ1) is 15.1. The summed E-state index contributed by atoms with van der Waals surface area (Å²) in [4.78, 5) is 22.0. The monoisotopic (exact) mass is 291 g/mol. The van der Waals surface area contributed by atoms with E-state index in [0.717, 1.165) is 0 Å². The number of benzene rings is 1. The maximum Gasteiger partial charge on any atom is 0.270 e. The minimum absolute atomic E-state index is 0.00278. The van der Waals surface area contributed by atoms with Crippen LogP contribution < -0.4 is 10.6 Å². The van der Waals surface area contributed by atoms with Crippen molar-refractivity contribution < 1.29 is 14.5 Å². The predicted molar refractivity (Wildman–Crippen MR) is 77.7 cm³/mol. The van der Waals surface area contributed by atoms with Crippen LogP contribution in [0.15, 0.2) is 30.3 Å². The maximum atomic E-state index is 11.8. The van der Waals surface area contributed by atoms with Crippen LogP contribution in [0.25, 0.3) is 6.08 Å². The zero-order valence-electron chi connectivity index (χ0n) is 11.6. The Morgan fingerprint density at radius 1 is 1.52 bits per heavy atom. The largest absolute Gasteiger partial charge is 0.378 e. The van der Waals surface area contributed by atoms with Crippen molar-refractivity contribution in [3.8, 4) is 0 Å². The SMILES string of the molecule is CO[C@H]1CNCC1NC(=O)/C=C/c1cccc([N+](=O)[O-])c1. The van der Waals surface area contributed by atoms with E-state index in [1.54, 1.807) is 25.3 Å². The zero-order chi connectivity index (χ0) is 15.2. The third-order valence-electron chi connectivity index (χ3n) is 3.30. The molecule has 0 saturated carbocycles. The molecule has 0 spiro atoms. The second kappa shape index (κ2) is 6.96. The number of nitro benzene ring substituents is 1. The van der Waals surface area contributed by atoms with E-state index in [2.05, 4.69) is 10.6 Å². The van der Waals surface area contributed by atoms with Crippen LogP contribution in [-0.4, -0.2) is 43.2 Å². The molecule has 0 bridgehead atoms. The van der Waals surface area contributed by atoms with Crippen LogP contribution in [0, 0.1) is 10.1 Å². The molecule has 1 aliphatic heterocycles. The molecule has 1 saturated heterocycles. The lowest BCUT2D eigenvalue weighted by molar-refractivity contribution is -0.384. The van der Waals surface area contributed by atoms with E-state index >= 15 is 0 Å². The molecule has 1 aliphatic rings. The van der Waals surface area contributed by atoms with E-state index in [9.17, 15) is 14.9 Å². The van der Waals surface area contributed by atoms with Gasteiger partial charge in [0.05, 0.1) is 17.1 Å². The fourth-order valence-corrected chi connectivity index (χ4v) is 2.19. The summed E-state index contributed by atoms with van der Waals surface area (Å²) in [5.41, 5.74) is 0.601.